The van der Waals surface area contributed by atoms with Gasteiger partial charge in [-0.3, -0.25) is 4.79 Å². The Morgan fingerprint density at radius 1 is 0.871 bits per heavy atom. The molecule has 0 atom stereocenters. The standard InChI is InChI=1S/C26H21BrN2O2/c27-22-13-10-19(11-14-22)16-26(30)29-28-17-24-23-9-5-4-8-21(23)12-15-25(24)31-18-20-6-2-1-3-7-20/h1-15,17H,16,18H2,(H,29,30)/b28-17-. The molecule has 0 aliphatic rings. The highest BCUT2D eigenvalue weighted by molar-refractivity contribution is 9.10. The molecule has 0 fully saturated rings. The smallest absolute Gasteiger partial charge is 0.244 e. The molecule has 0 aromatic heterocycles. The van der Waals surface area contributed by atoms with Crippen molar-refractivity contribution in [3.63, 3.8) is 0 Å². The molecule has 5 heteroatoms. The second-order valence-electron chi connectivity index (χ2n) is 7.07. The monoisotopic (exact) mass is 472 g/mol. The van der Waals surface area contributed by atoms with Crippen LogP contribution < -0.4 is 10.2 Å². The highest BCUT2D eigenvalue weighted by atomic mass is 79.9. The molecular formula is C26H21BrN2O2. The average Bonchev–Trinajstić information content (AvgIpc) is 2.80. The Kier molecular flexibility index (Phi) is 6.75. The molecule has 31 heavy (non-hydrogen) atoms. The molecule has 4 nitrogen and oxygen atoms in total. The van der Waals surface area contributed by atoms with Crippen molar-refractivity contribution < 1.29 is 9.53 Å². The van der Waals surface area contributed by atoms with Gasteiger partial charge in [0.05, 0.1) is 12.6 Å². The van der Waals surface area contributed by atoms with Crippen molar-refractivity contribution in [3.05, 3.63) is 112 Å². The highest BCUT2D eigenvalue weighted by Gasteiger charge is 2.08. The van der Waals surface area contributed by atoms with Crippen molar-refractivity contribution in [1.29, 1.82) is 0 Å². The van der Waals surface area contributed by atoms with Crippen molar-refractivity contribution >= 4 is 38.8 Å². The van der Waals surface area contributed by atoms with Gasteiger partial charge in [-0.2, -0.15) is 5.10 Å². The van der Waals surface area contributed by atoms with Crippen molar-refractivity contribution in [2.45, 2.75) is 13.0 Å². The Labute approximate surface area is 189 Å². The van der Waals surface area contributed by atoms with Gasteiger partial charge < -0.3 is 4.74 Å². The Bertz CT molecular complexity index is 1210. The number of nitrogens with one attached hydrogen (secondary N) is 1. The summed E-state index contributed by atoms with van der Waals surface area (Å²) in [4.78, 5) is 12.3. The number of rotatable bonds is 7. The topological polar surface area (TPSA) is 50.7 Å². The van der Waals surface area contributed by atoms with Crippen LogP contribution in [-0.4, -0.2) is 12.1 Å². The fraction of sp³-hybridized carbons (Fsp3) is 0.0769. The molecule has 4 aromatic rings. The number of hydrogen-bond acceptors (Lipinski definition) is 3. The number of fused-ring (bicyclic) bond motifs is 1. The maximum Gasteiger partial charge on any atom is 0.244 e. The van der Waals surface area contributed by atoms with Crippen LogP contribution in [0.4, 0.5) is 0 Å². The number of carbonyl (C=O) groups excluding carboxylic acids is 1. The van der Waals surface area contributed by atoms with Crippen LogP contribution in [0.25, 0.3) is 10.8 Å². The van der Waals surface area contributed by atoms with Crippen LogP contribution in [0, 0.1) is 0 Å². The van der Waals surface area contributed by atoms with Crippen LogP contribution in [0.1, 0.15) is 16.7 Å². The summed E-state index contributed by atoms with van der Waals surface area (Å²) in [5.74, 6) is 0.541. The lowest BCUT2D eigenvalue weighted by molar-refractivity contribution is -0.120. The number of amides is 1. The van der Waals surface area contributed by atoms with E-state index in [4.69, 9.17) is 4.74 Å². The molecular weight excluding hydrogens is 452 g/mol. The fourth-order valence-corrected chi connectivity index (χ4v) is 3.53. The molecule has 0 saturated heterocycles. The largest absolute Gasteiger partial charge is 0.488 e. The second kappa shape index (κ2) is 10.0. The van der Waals surface area contributed by atoms with E-state index in [-0.39, 0.29) is 12.3 Å². The molecule has 0 radical (unpaired) electrons. The molecule has 4 rings (SSSR count). The number of hydrazone groups is 1. The molecule has 0 heterocycles. The third-order valence-electron chi connectivity index (χ3n) is 4.83. The van der Waals surface area contributed by atoms with E-state index in [0.29, 0.717) is 12.4 Å². The van der Waals surface area contributed by atoms with E-state index in [2.05, 4.69) is 26.5 Å². The van der Waals surface area contributed by atoms with Crippen LogP contribution in [0.5, 0.6) is 5.75 Å². The minimum atomic E-state index is -0.175. The molecule has 0 spiro atoms. The number of halogens is 1. The van der Waals surface area contributed by atoms with E-state index in [1.165, 1.54) is 0 Å². The summed E-state index contributed by atoms with van der Waals surface area (Å²) in [5.41, 5.74) is 5.46. The van der Waals surface area contributed by atoms with Gasteiger partial charge in [0.2, 0.25) is 5.91 Å². The third kappa shape index (κ3) is 5.58. The minimum Gasteiger partial charge on any atom is -0.488 e. The first-order valence-corrected chi connectivity index (χ1v) is 10.7. The second-order valence-corrected chi connectivity index (χ2v) is 7.98. The Morgan fingerprint density at radius 2 is 1.61 bits per heavy atom. The number of ether oxygens (including phenoxy) is 1. The zero-order valence-electron chi connectivity index (χ0n) is 16.8. The van der Waals surface area contributed by atoms with E-state index >= 15 is 0 Å². The lowest BCUT2D eigenvalue weighted by atomic mass is 10.0. The zero-order chi connectivity index (χ0) is 21.5. The van der Waals surface area contributed by atoms with Gasteiger partial charge in [-0.1, -0.05) is 88.7 Å². The third-order valence-corrected chi connectivity index (χ3v) is 5.36. The van der Waals surface area contributed by atoms with Gasteiger partial charge in [0.15, 0.2) is 0 Å². The first-order valence-electron chi connectivity index (χ1n) is 9.94. The molecule has 1 amide bonds. The van der Waals surface area contributed by atoms with Crippen LogP contribution >= 0.6 is 15.9 Å². The summed E-state index contributed by atoms with van der Waals surface area (Å²) in [6, 6.07) is 29.7. The van der Waals surface area contributed by atoms with Gasteiger partial charge in [-0.25, -0.2) is 5.43 Å². The predicted octanol–water partition coefficient (Wildman–Crippen LogP) is 5.87. The molecule has 0 aliphatic heterocycles. The summed E-state index contributed by atoms with van der Waals surface area (Å²) in [6.45, 7) is 0.454. The number of hydrogen-bond donors (Lipinski definition) is 1. The van der Waals surface area contributed by atoms with Crippen LogP contribution in [0.3, 0.4) is 0 Å². The highest BCUT2D eigenvalue weighted by Crippen LogP contribution is 2.27. The number of benzene rings is 4. The molecule has 1 N–H and O–H groups in total. The maximum absolute atomic E-state index is 12.3. The summed E-state index contributed by atoms with van der Waals surface area (Å²) in [5, 5.41) is 6.30. The van der Waals surface area contributed by atoms with E-state index < -0.39 is 0 Å². The molecule has 4 aromatic carbocycles. The molecule has 0 saturated carbocycles. The Morgan fingerprint density at radius 3 is 2.42 bits per heavy atom. The quantitative estimate of drug-likeness (QED) is 0.270. The van der Waals surface area contributed by atoms with Gasteiger partial charge >= 0.3 is 0 Å². The summed E-state index contributed by atoms with van der Waals surface area (Å²) >= 11 is 3.40. The van der Waals surface area contributed by atoms with Gasteiger partial charge in [0, 0.05) is 10.0 Å². The summed E-state index contributed by atoms with van der Waals surface area (Å²) in [6.07, 6.45) is 1.92. The van der Waals surface area contributed by atoms with E-state index in [9.17, 15) is 4.79 Å². The van der Waals surface area contributed by atoms with Crippen molar-refractivity contribution in [2.24, 2.45) is 5.10 Å². The average molecular weight is 473 g/mol. The lowest BCUT2D eigenvalue weighted by Crippen LogP contribution is -2.19. The fourth-order valence-electron chi connectivity index (χ4n) is 3.27. The minimum absolute atomic E-state index is 0.175. The van der Waals surface area contributed by atoms with Gasteiger partial charge in [0.1, 0.15) is 12.4 Å². The molecule has 0 unspecified atom stereocenters. The Hall–Kier alpha value is -3.44. The maximum atomic E-state index is 12.3. The van der Waals surface area contributed by atoms with Gasteiger partial charge in [-0.15, -0.1) is 0 Å². The van der Waals surface area contributed by atoms with Crippen LogP contribution in [0.2, 0.25) is 0 Å². The zero-order valence-corrected chi connectivity index (χ0v) is 18.4. The first-order chi connectivity index (χ1) is 15.2. The van der Waals surface area contributed by atoms with E-state index in [1.54, 1.807) is 6.21 Å². The summed E-state index contributed by atoms with van der Waals surface area (Å²) in [7, 11) is 0. The van der Waals surface area contributed by atoms with Crippen molar-refractivity contribution in [1.82, 2.24) is 5.43 Å². The van der Waals surface area contributed by atoms with Crippen LogP contribution in [0.15, 0.2) is 101 Å². The number of nitrogens with zero attached hydrogens (tertiary/aromatic N) is 1. The molecule has 0 bridgehead atoms. The van der Waals surface area contributed by atoms with E-state index in [1.807, 2.05) is 91.0 Å². The molecule has 0 aliphatic carbocycles. The summed E-state index contributed by atoms with van der Waals surface area (Å²) < 4.78 is 7.07. The van der Waals surface area contributed by atoms with Gasteiger partial charge in [0.25, 0.3) is 0 Å². The SMILES string of the molecule is O=C(Cc1ccc(Br)cc1)N/N=C\c1c(OCc2ccccc2)ccc2ccccc12. The predicted molar refractivity (Wildman–Crippen MR) is 128 cm³/mol. The first kappa shape index (κ1) is 20.8. The van der Waals surface area contributed by atoms with Crippen molar-refractivity contribution in [3.8, 4) is 5.75 Å². The van der Waals surface area contributed by atoms with Gasteiger partial charge in [-0.05, 0) is 40.1 Å². The van der Waals surface area contributed by atoms with Crippen molar-refractivity contribution in [2.75, 3.05) is 0 Å². The van der Waals surface area contributed by atoms with Crippen LogP contribution in [-0.2, 0) is 17.8 Å². The van der Waals surface area contributed by atoms with E-state index in [0.717, 1.165) is 31.9 Å². The normalized spacial score (nSPS) is 11.0. The number of carbonyl (C=O) groups is 1. The lowest BCUT2D eigenvalue weighted by Gasteiger charge is -2.12. The Balaban J connectivity index is 1.51. The molecule has 154 valence electrons.